The van der Waals surface area contributed by atoms with Crippen molar-refractivity contribution in [3.63, 3.8) is 0 Å². The lowest BCUT2D eigenvalue weighted by molar-refractivity contribution is -0.385. The third-order valence-corrected chi connectivity index (χ3v) is 3.04. The molecule has 0 aromatic heterocycles. The van der Waals surface area contributed by atoms with Gasteiger partial charge in [-0.3, -0.25) is 10.1 Å². The van der Waals surface area contributed by atoms with E-state index in [-0.39, 0.29) is 5.75 Å². The predicted octanol–water partition coefficient (Wildman–Crippen LogP) is 3.55. The van der Waals surface area contributed by atoms with Gasteiger partial charge in [0.15, 0.2) is 5.82 Å². The van der Waals surface area contributed by atoms with Crippen LogP contribution in [-0.2, 0) is 6.54 Å². The van der Waals surface area contributed by atoms with E-state index in [9.17, 15) is 14.5 Å². The zero-order chi connectivity index (χ0) is 15.4. The molecule has 0 aliphatic rings. The highest BCUT2D eigenvalue weighted by atomic mass is 19.1. The first-order chi connectivity index (χ1) is 10.0. The zero-order valence-electron chi connectivity index (χ0n) is 11.7. The first kappa shape index (κ1) is 14.9. The van der Waals surface area contributed by atoms with Crippen LogP contribution in [0.3, 0.4) is 0 Å². The van der Waals surface area contributed by atoms with E-state index in [2.05, 4.69) is 5.32 Å². The average molecular weight is 290 g/mol. The Kier molecular flexibility index (Phi) is 4.49. The monoisotopic (exact) mass is 290 g/mol. The summed E-state index contributed by atoms with van der Waals surface area (Å²) in [5.74, 6) is -0.773. The predicted molar refractivity (Wildman–Crippen MR) is 77.1 cm³/mol. The minimum atomic E-state index is -0.763. The maximum atomic E-state index is 13.8. The van der Waals surface area contributed by atoms with Crippen molar-refractivity contribution in [1.29, 1.82) is 0 Å². The zero-order valence-corrected chi connectivity index (χ0v) is 11.7. The van der Waals surface area contributed by atoms with E-state index in [1.807, 2.05) is 20.0 Å². The fraction of sp³-hybridized carbons (Fsp3) is 0.200. The van der Waals surface area contributed by atoms with Gasteiger partial charge in [0, 0.05) is 12.6 Å². The van der Waals surface area contributed by atoms with E-state index >= 15 is 0 Å². The molecule has 0 fully saturated rings. The fourth-order valence-electron chi connectivity index (χ4n) is 1.98. The van der Waals surface area contributed by atoms with Crippen molar-refractivity contribution in [1.82, 2.24) is 5.32 Å². The summed E-state index contributed by atoms with van der Waals surface area (Å²) >= 11 is 0. The minimum Gasteiger partial charge on any atom is -0.447 e. The second kappa shape index (κ2) is 6.32. The molecule has 1 N–H and O–H groups in total. The van der Waals surface area contributed by atoms with Crippen molar-refractivity contribution >= 4 is 5.69 Å². The van der Waals surface area contributed by atoms with E-state index < -0.39 is 16.4 Å². The van der Waals surface area contributed by atoms with E-state index in [0.29, 0.717) is 12.3 Å². The van der Waals surface area contributed by atoms with Crippen LogP contribution in [0.25, 0.3) is 0 Å². The van der Waals surface area contributed by atoms with Crippen LogP contribution in [0.4, 0.5) is 10.1 Å². The normalized spacial score (nSPS) is 10.4. The second-order valence-electron chi connectivity index (χ2n) is 4.57. The molecule has 0 radical (unpaired) electrons. The molecule has 6 heteroatoms. The van der Waals surface area contributed by atoms with Crippen molar-refractivity contribution in [3.8, 4) is 11.5 Å². The lowest BCUT2D eigenvalue weighted by Gasteiger charge is -2.10. The van der Waals surface area contributed by atoms with Gasteiger partial charge in [0.05, 0.1) is 4.92 Å². The van der Waals surface area contributed by atoms with E-state index in [4.69, 9.17) is 4.74 Å². The van der Waals surface area contributed by atoms with E-state index in [0.717, 1.165) is 17.2 Å². The number of rotatable bonds is 5. The highest BCUT2D eigenvalue weighted by Gasteiger charge is 2.20. The van der Waals surface area contributed by atoms with Crippen LogP contribution in [0.15, 0.2) is 36.4 Å². The molecular weight excluding hydrogens is 275 g/mol. The molecule has 0 aliphatic carbocycles. The van der Waals surface area contributed by atoms with Crippen molar-refractivity contribution in [2.75, 3.05) is 7.05 Å². The molecule has 0 bridgehead atoms. The second-order valence-corrected chi connectivity index (χ2v) is 4.57. The van der Waals surface area contributed by atoms with Gasteiger partial charge in [-0.2, -0.15) is 0 Å². The van der Waals surface area contributed by atoms with Crippen LogP contribution >= 0.6 is 0 Å². The lowest BCUT2D eigenvalue weighted by Crippen LogP contribution is -2.06. The van der Waals surface area contributed by atoms with Gasteiger partial charge < -0.3 is 10.1 Å². The van der Waals surface area contributed by atoms with Crippen LogP contribution in [-0.4, -0.2) is 12.0 Å². The number of nitrogens with zero attached hydrogens (tertiary/aromatic N) is 1. The average Bonchev–Trinajstić information content (AvgIpc) is 2.44. The van der Waals surface area contributed by atoms with Gasteiger partial charge in [-0.1, -0.05) is 12.1 Å². The number of aryl methyl sites for hydroxylation is 1. The van der Waals surface area contributed by atoms with E-state index in [1.54, 1.807) is 12.1 Å². The molecule has 0 atom stereocenters. The number of ether oxygens (including phenoxy) is 1. The van der Waals surface area contributed by atoms with Crippen LogP contribution in [0.5, 0.6) is 11.5 Å². The molecule has 0 saturated heterocycles. The minimum absolute atomic E-state index is 0.362. The number of nitro groups is 1. The Labute approximate surface area is 121 Å². The van der Waals surface area contributed by atoms with Gasteiger partial charge in [-0.05, 0) is 43.3 Å². The maximum Gasteiger partial charge on any atom is 0.314 e. The summed E-state index contributed by atoms with van der Waals surface area (Å²) < 4.78 is 19.1. The number of nitrogens with one attached hydrogen (secondary N) is 1. The standard InChI is InChI=1S/C15H15FN2O3/c1-10-8-12(7-6-11(10)9-17-2)21-15-13(16)4-3-5-14(15)18(19)20/h3-8,17H,9H2,1-2H3. The number of nitro benzene ring substituents is 1. The van der Waals surface area contributed by atoms with Crippen LogP contribution < -0.4 is 10.1 Å². The quantitative estimate of drug-likeness (QED) is 0.675. The Morgan fingerprint density at radius 1 is 1.33 bits per heavy atom. The molecule has 0 unspecified atom stereocenters. The summed E-state index contributed by atoms with van der Waals surface area (Å²) in [5, 5.41) is 14.0. The summed E-state index contributed by atoms with van der Waals surface area (Å²) in [7, 11) is 1.84. The third kappa shape index (κ3) is 3.35. The van der Waals surface area contributed by atoms with Crippen LogP contribution in [0, 0.1) is 22.9 Å². The number of hydrogen-bond donors (Lipinski definition) is 1. The van der Waals surface area contributed by atoms with Gasteiger partial charge in [-0.25, -0.2) is 4.39 Å². The molecule has 110 valence electrons. The van der Waals surface area contributed by atoms with Crippen molar-refractivity contribution in [2.45, 2.75) is 13.5 Å². The first-order valence-electron chi connectivity index (χ1n) is 6.38. The van der Waals surface area contributed by atoms with Crippen LogP contribution in [0.1, 0.15) is 11.1 Å². The SMILES string of the molecule is CNCc1ccc(Oc2c(F)cccc2[N+](=O)[O-])cc1C. The Morgan fingerprint density at radius 2 is 2.10 bits per heavy atom. The van der Waals surface area contributed by atoms with E-state index in [1.165, 1.54) is 12.1 Å². The number of hydrogen-bond acceptors (Lipinski definition) is 4. The van der Waals surface area contributed by atoms with Gasteiger partial charge in [0.25, 0.3) is 0 Å². The first-order valence-corrected chi connectivity index (χ1v) is 6.38. The molecule has 0 aliphatic heterocycles. The Hall–Kier alpha value is -2.47. The highest BCUT2D eigenvalue weighted by Crippen LogP contribution is 2.34. The number of para-hydroxylation sites is 1. The van der Waals surface area contributed by atoms with Crippen LogP contribution in [0.2, 0.25) is 0 Å². The molecular formula is C15H15FN2O3. The molecule has 0 heterocycles. The molecule has 2 aromatic carbocycles. The molecule has 0 saturated carbocycles. The maximum absolute atomic E-state index is 13.8. The van der Waals surface area contributed by atoms with Gasteiger partial charge >= 0.3 is 5.69 Å². The van der Waals surface area contributed by atoms with Gasteiger partial charge in [-0.15, -0.1) is 0 Å². The summed E-state index contributed by atoms with van der Waals surface area (Å²) in [6, 6.07) is 8.85. The topological polar surface area (TPSA) is 64.4 Å². The molecule has 0 spiro atoms. The highest BCUT2D eigenvalue weighted by molar-refractivity contribution is 5.49. The Morgan fingerprint density at radius 3 is 2.71 bits per heavy atom. The fourth-order valence-corrected chi connectivity index (χ4v) is 1.98. The van der Waals surface area contributed by atoms with Crippen molar-refractivity contribution in [3.05, 3.63) is 63.5 Å². The summed E-state index contributed by atoms with van der Waals surface area (Å²) in [5.41, 5.74) is 1.64. The smallest absolute Gasteiger partial charge is 0.314 e. The van der Waals surface area contributed by atoms with Gasteiger partial charge in [0.2, 0.25) is 5.75 Å². The Balaban J connectivity index is 2.34. The number of benzene rings is 2. The summed E-state index contributed by atoms with van der Waals surface area (Å²) in [4.78, 5) is 10.3. The molecule has 5 nitrogen and oxygen atoms in total. The summed E-state index contributed by atoms with van der Waals surface area (Å²) in [6.07, 6.45) is 0. The van der Waals surface area contributed by atoms with Crippen molar-refractivity contribution in [2.24, 2.45) is 0 Å². The lowest BCUT2D eigenvalue weighted by atomic mass is 10.1. The molecule has 2 rings (SSSR count). The number of halogens is 1. The Bertz CT molecular complexity index is 674. The molecule has 2 aromatic rings. The van der Waals surface area contributed by atoms with Crippen molar-refractivity contribution < 1.29 is 14.1 Å². The third-order valence-electron chi connectivity index (χ3n) is 3.04. The van der Waals surface area contributed by atoms with Gasteiger partial charge in [0.1, 0.15) is 5.75 Å². The summed E-state index contributed by atoms with van der Waals surface area (Å²) in [6.45, 7) is 2.60. The molecule has 0 amide bonds. The largest absolute Gasteiger partial charge is 0.447 e. The molecule has 21 heavy (non-hydrogen) atoms.